The van der Waals surface area contributed by atoms with Gasteiger partial charge < -0.3 is 19.5 Å². The summed E-state index contributed by atoms with van der Waals surface area (Å²) in [7, 11) is 4.81. The van der Waals surface area contributed by atoms with Gasteiger partial charge in [0.05, 0.1) is 33.1 Å². The van der Waals surface area contributed by atoms with E-state index >= 15 is 0 Å². The van der Waals surface area contributed by atoms with Crippen molar-refractivity contribution in [2.75, 3.05) is 21.3 Å². The first-order valence-electron chi connectivity index (χ1n) is 8.41. The number of hydrogen-bond donors (Lipinski definition) is 2. The zero-order valence-electron chi connectivity index (χ0n) is 15.2. The van der Waals surface area contributed by atoms with Crippen LogP contribution in [0.2, 0.25) is 0 Å². The van der Waals surface area contributed by atoms with Gasteiger partial charge >= 0.3 is 0 Å². The molecule has 2 aromatic carbocycles. The second-order valence-corrected chi connectivity index (χ2v) is 6.11. The van der Waals surface area contributed by atoms with Gasteiger partial charge in [-0.1, -0.05) is 12.1 Å². The Morgan fingerprint density at radius 1 is 0.963 bits per heavy atom. The number of amides is 1. The number of hydrogen-bond acceptors (Lipinski definition) is 5. The molecule has 0 bridgehead atoms. The van der Waals surface area contributed by atoms with Gasteiger partial charge in [-0.05, 0) is 30.3 Å². The number of carbonyl (C=O) groups is 1. The number of rotatable bonds is 5. The van der Waals surface area contributed by atoms with E-state index in [2.05, 4.69) is 15.5 Å². The van der Waals surface area contributed by atoms with Crippen molar-refractivity contribution in [1.29, 1.82) is 0 Å². The summed E-state index contributed by atoms with van der Waals surface area (Å²) < 4.78 is 16.2. The van der Waals surface area contributed by atoms with E-state index in [9.17, 15) is 4.79 Å². The third-order valence-electron chi connectivity index (χ3n) is 4.69. The number of nitrogens with one attached hydrogen (secondary N) is 2. The molecule has 7 heteroatoms. The molecule has 1 aliphatic rings. The lowest BCUT2D eigenvalue weighted by atomic mass is 9.96. The number of nitrogens with zero attached hydrogens (tertiary/aromatic N) is 1. The maximum atomic E-state index is 12.5. The van der Waals surface area contributed by atoms with Crippen LogP contribution in [0.3, 0.4) is 0 Å². The van der Waals surface area contributed by atoms with Gasteiger partial charge in [-0.2, -0.15) is 5.10 Å². The van der Waals surface area contributed by atoms with E-state index in [0.717, 1.165) is 22.4 Å². The summed E-state index contributed by atoms with van der Waals surface area (Å²) in [6.45, 7) is 0. The van der Waals surface area contributed by atoms with E-state index < -0.39 is 6.04 Å². The van der Waals surface area contributed by atoms with Crippen molar-refractivity contribution < 1.29 is 19.0 Å². The van der Waals surface area contributed by atoms with E-state index in [1.54, 1.807) is 21.3 Å². The Bertz CT molecular complexity index is 1010. The lowest BCUT2D eigenvalue weighted by Gasteiger charge is -2.17. The minimum Gasteiger partial charge on any atom is -0.497 e. The van der Waals surface area contributed by atoms with Gasteiger partial charge in [0.1, 0.15) is 22.9 Å². The Kier molecular flexibility index (Phi) is 4.19. The Labute approximate surface area is 156 Å². The molecule has 27 heavy (non-hydrogen) atoms. The second-order valence-electron chi connectivity index (χ2n) is 6.11. The number of ether oxygens (including phenoxy) is 3. The largest absolute Gasteiger partial charge is 0.497 e. The second kappa shape index (κ2) is 6.68. The van der Waals surface area contributed by atoms with E-state index in [-0.39, 0.29) is 5.91 Å². The Morgan fingerprint density at radius 3 is 2.48 bits per heavy atom. The summed E-state index contributed by atoms with van der Waals surface area (Å²) in [6, 6.07) is 12.7. The Morgan fingerprint density at radius 2 is 1.74 bits per heavy atom. The van der Waals surface area contributed by atoms with E-state index in [1.807, 2.05) is 42.5 Å². The van der Waals surface area contributed by atoms with Crippen LogP contribution in [-0.2, 0) is 0 Å². The maximum Gasteiger partial charge on any atom is 0.270 e. The molecule has 0 spiro atoms. The van der Waals surface area contributed by atoms with E-state index in [0.29, 0.717) is 22.9 Å². The van der Waals surface area contributed by atoms with Gasteiger partial charge in [0.25, 0.3) is 5.91 Å². The zero-order valence-corrected chi connectivity index (χ0v) is 15.2. The van der Waals surface area contributed by atoms with Crippen LogP contribution < -0.4 is 19.5 Å². The molecule has 0 saturated heterocycles. The molecule has 0 saturated carbocycles. The van der Waals surface area contributed by atoms with Gasteiger partial charge in [-0.15, -0.1) is 0 Å². The van der Waals surface area contributed by atoms with Crippen molar-refractivity contribution in [3.05, 3.63) is 59.3 Å². The number of benzene rings is 2. The molecule has 3 aromatic rings. The molecule has 0 radical (unpaired) electrons. The highest BCUT2D eigenvalue weighted by Crippen LogP contribution is 2.41. The van der Waals surface area contributed by atoms with Crippen LogP contribution in [0.4, 0.5) is 0 Å². The average molecular weight is 365 g/mol. The van der Waals surface area contributed by atoms with Crippen molar-refractivity contribution in [3.63, 3.8) is 0 Å². The smallest absolute Gasteiger partial charge is 0.270 e. The monoisotopic (exact) mass is 365 g/mol. The quantitative estimate of drug-likeness (QED) is 0.726. The number of H-pyrrole nitrogens is 1. The Balaban J connectivity index is 1.87. The standard InChI is InChI=1S/C20H19N3O4/c1-25-12-6-4-5-11(9-12)17-16-18(21-20(24)19(16)23-22-17)14-10-13(26-2)7-8-15(14)27-3/h4-10,18H,1-3H3,(H,21,24)(H,22,23)/t18-/m0/s1. The van der Waals surface area contributed by atoms with Crippen LogP contribution in [0.5, 0.6) is 17.2 Å². The minimum atomic E-state index is -0.405. The first kappa shape index (κ1) is 17.0. The predicted octanol–water partition coefficient (Wildman–Crippen LogP) is 2.94. The van der Waals surface area contributed by atoms with Crippen molar-refractivity contribution in [1.82, 2.24) is 15.5 Å². The highest BCUT2D eigenvalue weighted by Gasteiger charge is 2.37. The summed E-state index contributed by atoms with van der Waals surface area (Å²) >= 11 is 0. The number of methoxy groups -OCH3 is 3. The fourth-order valence-corrected chi connectivity index (χ4v) is 3.37. The first-order chi connectivity index (χ1) is 13.2. The van der Waals surface area contributed by atoms with Gasteiger partial charge in [0.2, 0.25) is 0 Å². The molecule has 0 fully saturated rings. The average Bonchev–Trinajstić information content (AvgIpc) is 3.29. The molecule has 0 unspecified atom stereocenters. The molecule has 1 aliphatic heterocycles. The molecule has 1 atom stereocenters. The summed E-state index contributed by atoms with van der Waals surface area (Å²) in [5, 5.41) is 10.3. The van der Waals surface area contributed by atoms with Gasteiger partial charge in [-0.3, -0.25) is 9.89 Å². The highest BCUT2D eigenvalue weighted by molar-refractivity contribution is 6.00. The lowest BCUT2D eigenvalue weighted by molar-refractivity contribution is 0.0955. The number of aromatic nitrogens is 2. The molecule has 1 aromatic heterocycles. The van der Waals surface area contributed by atoms with Crippen molar-refractivity contribution in [2.45, 2.75) is 6.04 Å². The summed E-state index contributed by atoms with van der Waals surface area (Å²) in [5.74, 6) is 1.85. The zero-order chi connectivity index (χ0) is 19.0. The highest BCUT2D eigenvalue weighted by atomic mass is 16.5. The molecule has 1 amide bonds. The minimum absolute atomic E-state index is 0.207. The van der Waals surface area contributed by atoms with E-state index in [4.69, 9.17) is 14.2 Å². The molecule has 7 nitrogen and oxygen atoms in total. The third kappa shape index (κ3) is 2.77. The third-order valence-corrected chi connectivity index (χ3v) is 4.69. The maximum absolute atomic E-state index is 12.5. The molecular weight excluding hydrogens is 346 g/mol. The van der Waals surface area contributed by atoms with Gasteiger partial charge in [0.15, 0.2) is 0 Å². The van der Waals surface area contributed by atoms with Crippen LogP contribution in [0.1, 0.15) is 27.7 Å². The molecule has 0 aliphatic carbocycles. The van der Waals surface area contributed by atoms with Crippen LogP contribution >= 0.6 is 0 Å². The van der Waals surface area contributed by atoms with Crippen molar-refractivity contribution >= 4 is 5.91 Å². The molecule has 2 N–H and O–H groups in total. The van der Waals surface area contributed by atoms with Crippen LogP contribution in [0.25, 0.3) is 11.3 Å². The number of aromatic amines is 1. The van der Waals surface area contributed by atoms with Crippen LogP contribution in [-0.4, -0.2) is 37.4 Å². The molecule has 2 heterocycles. The lowest BCUT2D eigenvalue weighted by Crippen LogP contribution is -2.21. The topological polar surface area (TPSA) is 85.5 Å². The first-order valence-corrected chi connectivity index (χ1v) is 8.41. The van der Waals surface area contributed by atoms with E-state index in [1.165, 1.54) is 0 Å². The van der Waals surface area contributed by atoms with Gasteiger partial charge in [-0.25, -0.2) is 0 Å². The fourth-order valence-electron chi connectivity index (χ4n) is 3.37. The van der Waals surface area contributed by atoms with Crippen LogP contribution in [0, 0.1) is 0 Å². The summed E-state index contributed by atoms with van der Waals surface area (Å²) in [4.78, 5) is 12.5. The van der Waals surface area contributed by atoms with Crippen LogP contribution in [0.15, 0.2) is 42.5 Å². The van der Waals surface area contributed by atoms with Crippen molar-refractivity contribution in [2.24, 2.45) is 0 Å². The SMILES string of the molecule is COc1cccc(-c2n[nH]c3c2[C@H](c2cc(OC)ccc2OC)NC3=O)c1. The molecular formula is C20H19N3O4. The number of fused-ring (bicyclic) bond motifs is 1. The summed E-state index contributed by atoms with van der Waals surface area (Å²) in [6.07, 6.45) is 0. The molecule has 138 valence electrons. The normalized spacial score (nSPS) is 15.2. The summed E-state index contributed by atoms with van der Waals surface area (Å²) in [5.41, 5.74) is 3.57. The Hall–Kier alpha value is -3.48. The number of carbonyl (C=O) groups excluding carboxylic acids is 1. The fraction of sp³-hybridized carbons (Fsp3) is 0.200. The van der Waals surface area contributed by atoms with Crippen molar-refractivity contribution in [3.8, 4) is 28.5 Å². The van der Waals surface area contributed by atoms with Gasteiger partial charge in [0, 0.05) is 16.7 Å². The predicted molar refractivity (Wildman–Crippen MR) is 99.4 cm³/mol. The molecule has 4 rings (SSSR count).